The molecule has 0 aromatic heterocycles. The predicted octanol–water partition coefficient (Wildman–Crippen LogP) is 2.71. The lowest BCUT2D eigenvalue weighted by atomic mass is 10.1. The molecule has 5 nitrogen and oxygen atoms in total. The number of hydrogen-bond acceptors (Lipinski definition) is 3. The maximum Gasteiger partial charge on any atom is 0.327 e. The third-order valence-electron chi connectivity index (χ3n) is 3.11. The molecule has 0 bridgehead atoms. The van der Waals surface area contributed by atoms with Gasteiger partial charge in [-0.25, -0.2) is 9.59 Å². The van der Waals surface area contributed by atoms with E-state index in [-0.39, 0.29) is 6.03 Å². The Balaban J connectivity index is 1.85. The smallest absolute Gasteiger partial charge is 0.327 e. The molecule has 1 saturated heterocycles. The molecule has 0 aliphatic carbocycles. The number of benzene rings is 1. The molecule has 114 valence electrons. The van der Waals surface area contributed by atoms with E-state index in [1.165, 1.54) is 16.7 Å². The van der Waals surface area contributed by atoms with Crippen LogP contribution in [0.2, 0.25) is 10.0 Å². The van der Waals surface area contributed by atoms with Gasteiger partial charge in [0.05, 0.1) is 5.88 Å². The van der Waals surface area contributed by atoms with Gasteiger partial charge in [-0.05, 0) is 24.1 Å². The van der Waals surface area contributed by atoms with E-state index in [0.717, 1.165) is 5.56 Å². The maximum atomic E-state index is 12.0. The summed E-state index contributed by atoms with van der Waals surface area (Å²) in [4.78, 5) is 24.3. The molecule has 1 unspecified atom stereocenters. The number of nitrogens with one attached hydrogen (secondary N) is 1. The standard InChI is InChI=1S/C13H14Cl2N2O3S/c14-9-2-1-8(10(15)5-9)3-4-16-13(20)17-7-21-6-11(17)12(18)19/h1-2,5,11H,3-4,6-7H2,(H,16,20)(H,18,19). The SMILES string of the molecule is O=C(O)C1CSCN1C(=O)NCCc1ccc(Cl)cc1Cl. The number of rotatable bonds is 4. The molecule has 8 heteroatoms. The van der Waals surface area contributed by atoms with Crippen molar-refractivity contribution >= 4 is 47.0 Å². The number of nitrogens with zero attached hydrogens (tertiary/aromatic N) is 1. The number of amides is 2. The Morgan fingerprint density at radius 3 is 2.86 bits per heavy atom. The molecule has 1 fully saturated rings. The molecule has 2 amide bonds. The second-order valence-electron chi connectivity index (χ2n) is 4.54. The van der Waals surface area contributed by atoms with Crippen LogP contribution in [0.5, 0.6) is 0 Å². The van der Waals surface area contributed by atoms with Crippen molar-refractivity contribution in [3.05, 3.63) is 33.8 Å². The zero-order valence-corrected chi connectivity index (χ0v) is 13.3. The molecular formula is C13H14Cl2N2O3S. The minimum Gasteiger partial charge on any atom is -0.480 e. The molecule has 1 heterocycles. The minimum absolute atomic E-state index is 0.363. The predicted molar refractivity (Wildman–Crippen MR) is 84.2 cm³/mol. The van der Waals surface area contributed by atoms with E-state index in [9.17, 15) is 9.59 Å². The van der Waals surface area contributed by atoms with Crippen molar-refractivity contribution < 1.29 is 14.7 Å². The summed E-state index contributed by atoms with van der Waals surface area (Å²) in [6, 6.07) is 4.08. The van der Waals surface area contributed by atoms with Crippen LogP contribution in [-0.4, -0.2) is 46.2 Å². The Morgan fingerprint density at radius 2 is 2.19 bits per heavy atom. The summed E-state index contributed by atoms with van der Waals surface area (Å²) in [6.07, 6.45) is 0.556. The Kier molecular flexibility index (Phi) is 5.61. The van der Waals surface area contributed by atoms with Gasteiger partial charge in [0.25, 0.3) is 0 Å². The van der Waals surface area contributed by atoms with Crippen LogP contribution in [-0.2, 0) is 11.2 Å². The monoisotopic (exact) mass is 348 g/mol. The van der Waals surface area contributed by atoms with Gasteiger partial charge in [0.1, 0.15) is 6.04 Å². The second-order valence-corrected chi connectivity index (χ2v) is 6.38. The molecule has 1 aromatic rings. The van der Waals surface area contributed by atoms with Gasteiger partial charge in [-0.2, -0.15) is 0 Å². The van der Waals surface area contributed by atoms with Crippen molar-refractivity contribution in [1.82, 2.24) is 10.2 Å². The number of halogens is 2. The van der Waals surface area contributed by atoms with Crippen LogP contribution in [0.3, 0.4) is 0 Å². The first-order valence-electron chi connectivity index (χ1n) is 6.28. The van der Waals surface area contributed by atoms with Crippen molar-refractivity contribution in [2.45, 2.75) is 12.5 Å². The first-order valence-corrected chi connectivity index (χ1v) is 8.19. The largest absolute Gasteiger partial charge is 0.480 e. The average Bonchev–Trinajstić information content (AvgIpc) is 2.90. The summed E-state index contributed by atoms with van der Waals surface area (Å²) in [5.41, 5.74) is 0.881. The van der Waals surface area contributed by atoms with E-state index in [4.69, 9.17) is 28.3 Å². The lowest BCUT2D eigenvalue weighted by Gasteiger charge is -2.20. The average molecular weight is 349 g/mol. The quantitative estimate of drug-likeness (QED) is 0.877. The molecule has 1 atom stereocenters. The van der Waals surface area contributed by atoms with E-state index in [0.29, 0.717) is 34.6 Å². The van der Waals surface area contributed by atoms with Gasteiger partial charge in [-0.1, -0.05) is 29.3 Å². The Labute approximate surface area is 136 Å². The number of hydrogen-bond donors (Lipinski definition) is 2. The molecular weight excluding hydrogens is 335 g/mol. The number of carboxylic acid groups (broad SMARTS) is 1. The van der Waals surface area contributed by atoms with Crippen LogP contribution in [0.1, 0.15) is 5.56 Å². The Hall–Kier alpha value is -1.11. The van der Waals surface area contributed by atoms with Crippen molar-refractivity contribution in [2.24, 2.45) is 0 Å². The van der Waals surface area contributed by atoms with Gasteiger partial charge in [-0.3, -0.25) is 0 Å². The van der Waals surface area contributed by atoms with E-state index >= 15 is 0 Å². The van der Waals surface area contributed by atoms with Crippen LogP contribution in [0, 0.1) is 0 Å². The zero-order valence-electron chi connectivity index (χ0n) is 11.0. The molecule has 21 heavy (non-hydrogen) atoms. The van der Waals surface area contributed by atoms with Gasteiger partial charge in [0.2, 0.25) is 0 Å². The zero-order chi connectivity index (χ0) is 15.4. The summed E-state index contributed by atoms with van der Waals surface area (Å²) >= 11 is 13.3. The van der Waals surface area contributed by atoms with Gasteiger partial charge in [0, 0.05) is 22.3 Å². The van der Waals surface area contributed by atoms with Crippen LogP contribution in [0.25, 0.3) is 0 Å². The van der Waals surface area contributed by atoms with Crippen molar-refractivity contribution in [2.75, 3.05) is 18.2 Å². The Bertz CT molecular complexity index is 556. The highest BCUT2D eigenvalue weighted by molar-refractivity contribution is 7.99. The van der Waals surface area contributed by atoms with Gasteiger partial charge in [0.15, 0.2) is 0 Å². The number of urea groups is 1. The van der Waals surface area contributed by atoms with Crippen LogP contribution < -0.4 is 5.32 Å². The summed E-state index contributed by atoms with van der Waals surface area (Å²) < 4.78 is 0. The third-order valence-corrected chi connectivity index (χ3v) is 4.71. The normalized spacial score (nSPS) is 17.8. The summed E-state index contributed by atoms with van der Waals surface area (Å²) in [7, 11) is 0. The van der Waals surface area contributed by atoms with Crippen LogP contribution in [0.4, 0.5) is 4.79 Å². The van der Waals surface area contributed by atoms with Crippen LogP contribution in [0.15, 0.2) is 18.2 Å². The number of carbonyl (C=O) groups excluding carboxylic acids is 1. The van der Waals surface area contributed by atoms with E-state index < -0.39 is 12.0 Å². The molecule has 0 radical (unpaired) electrons. The molecule has 2 rings (SSSR count). The number of thioether (sulfide) groups is 1. The topological polar surface area (TPSA) is 69.6 Å². The maximum absolute atomic E-state index is 12.0. The summed E-state index contributed by atoms with van der Waals surface area (Å²) in [5, 5.41) is 12.9. The van der Waals surface area contributed by atoms with Gasteiger partial charge >= 0.3 is 12.0 Å². The van der Waals surface area contributed by atoms with Gasteiger partial charge < -0.3 is 15.3 Å². The van der Waals surface area contributed by atoms with Crippen molar-refractivity contribution in [1.29, 1.82) is 0 Å². The third kappa shape index (κ3) is 4.18. The fourth-order valence-electron chi connectivity index (χ4n) is 1.98. The molecule has 1 aliphatic heterocycles. The number of carboxylic acids is 1. The first-order chi connectivity index (χ1) is 9.99. The first kappa shape index (κ1) is 16.3. The van der Waals surface area contributed by atoms with E-state index in [2.05, 4.69) is 5.32 Å². The van der Waals surface area contributed by atoms with E-state index in [1.807, 2.05) is 6.07 Å². The van der Waals surface area contributed by atoms with Crippen molar-refractivity contribution in [3.8, 4) is 0 Å². The summed E-state index contributed by atoms with van der Waals surface area (Å²) in [5.74, 6) is -0.160. The van der Waals surface area contributed by atoms with E-state index in [1.54, 1.807) is 12.1 Å². The lowest BCUT2D eigenvalue weighted by Crippen LogP contribution is -2.47. The number of carbonyl (C=O) groups is 2. The Morgan fingerprint density at radius 1 is 1.43 bits per heavy atom. The van der Waals surface area contributed by atoms with Crippen molar-refractivity contribution in [3.63, 3.8) is 0 Å². The molecule has 1 aromatic carbocycles. The molecule has 1 aliphatic rings. The highest BCUT2D eigenvalue weighted by atomic mass is 35.5. The lowest BCUT2D eigenvalue weighted by molar-refractivity contribution is -0.140. The van der Waals surface area contributed by atoms with Crippen LogP contribution >= 0.6 is 35.0 Å². The number of aliphatic carboxylic acids is 1. The fourth-order valence-corrected chi connectivity index (χ4v) is 3.63. The highest BCUT2D eigenvalue weighted by Crippen LogP contribution is 2.22. The highest BCUT2D eigenvalue weighted by Gasteiger charge is 2.34. The summed E-state index contributed by atoms with van der Waals surface area (Å²) in [6.45, 7) is 0.383. The molecule has 0 spiro atoms. The molecule has 0 saturated carbocycles. The van der Waals surface area contributed by atoms with Gasteiger partial charge in [-0.15, -0.1) is 11.8 Å². The fraction of sp³-hybridized carbons (Fsp3) is 0.385. The second kappa shape index (κ2) is 7.24. The minimum atomic E-state index is -0.976. The molecule has 2 N–H and O–H groups in total.